The smallest absolute Gasteiger partial charge is 0.0844 e. The van der Waals surface area contributed by atoms with Crippen LogP contribution in [-0.4, -0.2) is 22.9 Å². The second-order valence-corrected chi connectivity index (χ2v) is 3.99. The Labute approximate surface area is 95.8 Å². The van der Waals surface area contributed by atoms with Gasteiger partial charge in [-0.25, -0.2) is 0 Å². The molecule has 15 heavy (non-hydrogen) atoms. The van der Waals surface area contributed by atoms with Crippen molar-refractivity contribution in [3.8, 4) is 12.3 Å². The molecule has 4 heteroatoms. The Morgan fingerprint density at radius 3 is 2.73 bits per heavy atom. The summed E-state index contributed by atoms with van der Waals surface area (Å²) in [7, 11) is 0. The standard InChI is InChI=1S/C11H16ClN3/c1-5-6-13-7-8(2)15-10(4)11(12)9(3)14-15/h1,8,13H,6-7H2,2-4H3. The number of aromatic nitrogens is 2. The van der Waals surface area contributed by atoms with Crippen LogP contribution < -0.4 is 5.32 Å². The SMILES string of the molecule is C#CCNCC(C)n1nc(C)c(Cl)c1C. The van der Waals surface area contributed by atoms with Gasteiger partial charge >= 0.3 is 0 Å². The quantitative estimate of drug-likeness (QED) is 0.627. The molecule has 0 spiro atoms. The minimum Gasteiger partial charge on any atom is -0.304 e. The van der Waals surface area contributed by atoms with Crippen molar-refractivity contribution < 1.29 is 0 Å². The fourth-order valence-corrected chi connectivity index (χ4v) is 1.64. The predicted molar refractivity (Wildman–Crippen MR) is 63.1 cm³/mol. The van der Waals surface area contributed by atoms with Crippen LogP contribution in [0.4, 0.5) is 0 Å². The second-order valence-electron chi connectivity index (χ2n) is 3.61. The summed E-state index contributed by atoms with van der Waals surface area (Å²) in [5.41, 5.74) is 1.88. The van der Waals surface area contributed by atoms with Crippen molar-refractivity contribution in [1.29, 1.82) is 0 Å². The molecule has 0 aliphatic heterocycles. The van der Waals surface area contributed by atoms with Gasteiger partial charge in [0.05, 0.1) is 29.0 Å². The van der Waals surface area contributed by atoms with Crippen LogP contribution in [0.15, 0.2) is 0 Å². The van der Waals surface area contributed by atoms with Crippen LogP contribution in [0.25, 0.3) is 0 Å². The minimum absolute atomic E-state index is 0.254. The van der Waals surface area contributed by atoms with Gasteiger partial charge in [-0.2, -0.15) is 5.10 Å². The second kappa shape index (κ2) is 5.20. The van der Waals surface area contributed by atoms with E-state index in [2.05, 4.69) is 23.3 Å². The van der Waals surface area contributed by atoms with Crippen molar-refractivity contribution in [3.63, 3.8) is 0 Å². The summed E-state index contributed by atoms with van der Waals surface area (Å²) in [6.07, 6.45) is 5.16. The fourth-order valence-electron chi connectivity index (χ4n) is 1.51. The molecule has 0 saturated heterocycles. The van der Waals surface area contributed by atoms with Gasteiger partial charge in [0.15, 0.2) is 0 Å². The third-order valence-electron chi connectivity index (χ3n) is 2.32. The summed E-state index contributed by atoms with van der Waals surface area (Å²) in [5, 5.41) is 8.28. The molecule has 0 saturated carbocycles. The number of hydrogen-bond acceptors (Lipinski definition) is 2. The lowest BCUT2D eigenvalue weighted by molar-refractivity contribution is 0.454. The third kappa shape index (κ3) is 2.74. The van der Waals surface area contributed by atoms with Crippen LogP contribution in [0.5, 0.6) is 0 Å². The van der Waals surface area contributed by atoms with E-state index in [0.29, 0.717) is 6.54 Å². The molecule has 0 bridgehead atoms. The Balaban J connectivity index is 2.70. The number of terminal acetylenes is 1. The highest BCUT2D eigenvalue weighted by molar-refractivity contribution is 6.31. The molecule has 0 aliphatic carbocycles. The number of aryl methyl sites for hydroxylation is 1. The van der Waals surface area contributed by atoms with Crippen LogP contribution >= 0.6 is 11.6 Å². The monoisotopic (exact) mass is 225 g/mol. The van der Waals surface area contributed by atoms with Crippen molar-refractivity contribution in [2.45, 2.75) is 26.8 Å². The maximum absolute atomic E-state index is 6.07. The Morgan fingerprint density at radius 1 is 1.60 bits per heavy atom. The average Bonchev–Trinajstić information content (AvgIpc) is 2.46. The first-order valence-corrected chi connectivity index (χ1v) is 5.31. The topological polar surface area (TPSA) is 29.9 Å². The normalized spacial score (nSPS) is 12.5. The van der Waals surface area contributed by atoms with Gasteiger partial charge in [-0.1, -0.05) is 17.5 Å². The zero-order valence-electron chi connectivity index (χ0n) is 9.34. The van der Waals surface area contributed by atoms with Crippen molar-refractivity contribution in [2.75, 3.05) is 13.1 Å². The van der Waals surface area contributed by atoms with E-state index in [-0.39, 0.29) is 6.04 Å². The van der Waals surface area contributed by atoms with Gasteiger partial charge in [0.25, 0.3) is 0 Å². The lowest BCUT2D eigenvalue weighted by atomic mass is 10.3. The van der Waals surface area contributed by atoms with Gasteiger partial charge in [0, 0.05) is 6.54 Å². The molecule has 82 valence electrons. The summed E-state index contributed by atoms with van der Waals surface area (Å²) in [5.74, 6) is 2.54. The van der Waals surface area contributed by atoms with Crippen molar-refractivity contribution in [1.82, 2.24) is 15.1 Å². The number of rotatable bonds is 4. The highest BCUT2D eigenvalue weighted by Crippen LogP contribution is 2.21. The lowest BCUT2D eigenvalue weighted by Crippen LogP contribution is -2.25. The van der Waals surface area contributed by atoms with Crippen molar-refractivity contribution in [2.24, 2.45) is 0 Å². The first-order valence-electron chi connectivity index (χ1n) is 4.93. The number of nitrogens with one attached hydrogen (secondary N) is 1. The molecule has 3 nitrogen and oxygen atoms in total. The van der Waals surface area contributed by atoms with Crippen LogP contribution in [-0.2, 0) is 0 Å². The molecule has 1 N–H and O–H groups in total. The molecule has 1 unspecified atom stereocenters. The maximum atomic E-state index is 6.07. The number of halogens is 1. The molecule has 1 atom stereocenters. The molecule has 1 aromatic heterocycles. The van der Waals surface area contributed by atoms with Gasteiger partial charge in [0.2, 0.25) is 0 Å². The molecule has 1 aromatic rings. The highest BCUT2D eigenvalue weighted by Gasteiger charge is 2.13. The Bertz CT molecular complexity index is 376. The Morgan fingerprint density at radius 2 is 2.27 bits per heavy atom. The average molecular weight is 226 g/mol. The van der Waals surface area contributed by atoms with E-state index in [1.807, 2.05) is 18.5 Å². The summed E-state index contributed by atoms with van der Waals surface area (Å²) in [6.45, 7) is 7.34. The van der Waals surface area contributed by atoms with Crippen LogP contribution in [0.1, 0.15) is 24.4 Å². The van der Waals surface area contributed by atoms with Gasteiger partial charge < -0.3 is 5.32 Å². The Hall–Kier alpha value is -0.980. The van der Waals surface area contributed by atoms with Crippen LogP contribution in [0, 0.1) is 26.2 Å². The molecule has 0 radical (unpaired) electrons. The maximum Gasteiger partial charge on any atom is 0.0844 e. The molecular weight excluding hydrogens is 210 g/mol. The summed E-state index contributed by atoms with van der Waals surface area (Å²) < 4.78 is 1.93. The fraction of sp³-hybridized carbons (Fsp3) is 0.545. The molecule has 0 aliphatic rings. The van der Waals surface area contributed by atoms with Crippen molar-refractivity contribution >= 4 is 11.6 Å². The largest absolute Gasteiger partial charge is 0.304 e. The first-order chi connectivity index (χ1) is 7.07. The highest BCUT2D eigenvalue weighted by atomic mass is 35.5. The number of hydrogen-bond donors (Lipinski definition) is 1. The zero-order chi connectivity index (χ0) is 11.4. The molecule has 0 amide bonds. The van der Waals surface area contributed by atoms with E-state index in [1.54, 1.807) is 0 Å². The van der Waals surface area contributed by atoms with E-state index in [4.69, 9.17) is 18.0 Å². The van der Waals surface area contributed by atoms with E-state index in [1.165, 1.54) is 0 Å². The van der Waals surface area contributed by atoms with E-state index >= 15 is 0 Å². The summed E-state index contributed by atoms with van der Waals surface area (Å²) >= 11 is 6.07. The third-order valence-corrected chi connectivity index (χ3v) is 2.87. The lowest BCUT2D eigenvalue weighted by Gasteiger charge is -2.14. The van der Waals surface area contributed by atoms with E-state index in [9.17, 15) is 0 Å². The molecule has 1 heterocycles. The van der Waals surface area contributed by atoms with Gasteiger partial charge in [-0.3, -0.25) is 4.68 Å². The van der Waals surface area contributed by atoms with E-state index < -0.39 is 0 Å². The molecule has 0 fully saturated rings. The van der Waals surface area contributed by atoms with E-state index in [0.717, 1.165) is 23.0 Å². The van der Waals surface area contributed by atoms with Gasteiger partial charge in [-0.05, 0) is 20.8 Å². The molecule has 1 rings (SSSR count). The van der Waals surface area contributed by atoms with Crippen LogP contribution in [0.2, 0.25) is 5.02 Å². The van der Waals surface area contributed by atoms with Crippen LogP contribution in [0.3, 0.4) is 0 Å². The summed E-state index contributed by atoms with van der Waals surface area (Å²) in [6, 6.07) is 0.254. The van der Waals surface area contributed by atoms with Gasteiger partial charge in [-0.15, -0.1) is 6.42 Å². The van der Waals surface area contributed by atoms with Gasteiger partial charge in [0.1, 0.15) is 0 Å². The number of nitrogens with zero attached hydrogens (tertiary/aromatic N) is 2. The Kier molecular flexibility index (Phi) is 4.19. The first kappa shape index (κ1) is 12.1. The zero-order valence-corrected chi connectivity index (χ0v) is 10.1. The molecule has 0 aromatic carbocycles. The minimum atomic E-state index is 0.254. The molecular formula is C11H16ClN3. The predicted octanol–water partition coefficient (Wildman–Crippen LogP) is 1.94. The van der Waals surface area contributed by atoms with Crippen molar-refractivity contribution in [3.05, 3.63) is 16.4 Å². The summed E-state index contributed by atoms with van der Waals surface area (Å²) in [4.78, 5) is 0.